The van der Waals surface area contributed by atoms with E-state index in [2.05, 4.69) is 9.97 Å². The van der Waals surface area contributed by atoms with E-state index < -0.39 is 29.2 Å². The number of hydrogen-bond acceptors (Lipinski definition) is 5. The number of piperazine rings is 1. The van der Waals surface area contributed by atoms with Crippen molar-refractivity contribution in [2.24, 2.45) is 0 Å². The molecule has 1 aliphatic carbocycles. The summed E-state index contributed by atoms with van der Waals surface area (Å²) < 4.78 is 42.2. The van der Waals surface area contributed by atoms with Crippen LogP contribution in [0.25, 0.3) is 5.65 Å². The molecule has 33 heavy (non-hydrogen) atoms. The summed E-state index contributed by atoms with van der Waals surface area (Å²) in [7, 11) is 0. The van der Waals surface area contributed by atoms with Gasteiger partial charge in [0.15, 0.2) is 11.3 Å². The number of aromatic hydroxyl groups is 1. The van der Waals surface area contributed by atoms with Crippen LogP contribution in [0.15, 0.2) is 30.6 Å². The summed E-state index contributed by atoms with van der Waals surface area (Å²) in [6.45, 7) is -0.0885. The van der Waals surface area contributed by atoms with E-state index in [0.29, 0.717) is 11.4 Å². The van der Waals surface area contributed by atoms with Crippen LogP contribution in [0, 0.1) is 0 Å². The van der Waals surface area contributed by atoms with Crippen LogP contribution in [-0.2, 0) is 11.0 Å². The third-order valence-electron chi connectivity index (χ3n) is 5.76. The molecule has 12 heteroatoms. The second-order valence-corrected chi connectivity index (χ2v) is 8.41. The minimum Gasteiger partial charge on any atom is -0.506 e. The smallest absolute Gasteiger partial charge is 0.419 e. The van der Waals surface area contributed by atoms with Crippen LogP contribution in [-0.4, -0.2) is 55.8 Å². The Balaban J connectivity index is 1.45. The largest absolute Gasteiger partial charge is 0.506 e. The molecule has 0 bridgehead atoms. The standard InChI is InChI=1S/C21H17ClF3N5O3/c22-18-17(27-19-14(21(23,24)25)7-12(9-30(18)19)11-1-2-11)20(33)28-5-6-29(16(32)10-28)15-4-3-13(31)8-26-15/h3-4,7-9,11,31H,1-2,5-6,10H2. The number of aromatic nitrogens is 3. The molecule has 1 aliphatic heterocycles. The third-order valence-corrected chi connectivity index (χ3v) is 6.12. The zero-order valence-electron chi connectivity index (χ0n) is 17.0. The molecular formula is C21H17ClF3N5O3. The van der Waals surface area contributed by atoms with Gasteiger partial charge >= 0.3 is 6.18 Å². The lowest BCUT2D eigenvalue weighted by Crippen LogP contribution is -2.52. The fourth-order valence-electron chi connectivity index (χ4n) is 3.90. The van der Waals surface area contributed by atoms with Crippen molar-refractivity contribution in [3.05, 3.63) is 52.6 Å². The van der Waals surface area contributed by atoms with Crippen molar-refractivity contribution in [1.82, 2.24) is 19.3 Å². The van der Waals surface area contributed by atoms with Crippen LogP contribution < -0.4 is 4.90 Å². The molecule has 1 N–H and O–H groups in total. The Morgan fingerprint density at radius 1 is 1.21 bits per heavy atom. The second-order valence-electron chi connectivity index (χ2n) is 8.05. The van der Waals surface area contributed by atoms with Crippen molar-refractivity contribution in [1.29, 1.82) is 0 Å². The van der Waals surface area contributed by atoms with Crippen LogP contribution in [0.4, 0.5) is 19.0 Å². The minimum absolute atomic E-state index is 0.0346. The van der Waals surface area contributed by atoms with Gasteiger partial charge in [0, 0.05) is 19.3 Å². The first-order valence-corrected chi connectivity index (χ1v) is 10.5. The summed E-state index contributed by atoms with van der Waals surface area (Å²) in [5.74, 6) is -0.855. The number of nitrogens with zero attached hydrogens (tertiary/aromatic N) is 5. The van der Waals surface area contributed by atoms with Crippen LogP contribution >= 0.6 is 11.6 Å². The Kier molecular flexibility index (Phi) is 4.96. The molecule has 0 unspecified atom stereocenters. The van der Waals surface area contributed by atoms with Crippen molar-refractivity contribution in [2.75, 3.05) is 24.5 Å². The highest BCUT2D eigenvalue weighted by molar-refractivity contribution is 6.33. The Morgan fingerprint density at radius 2 is 1.97 bits per heavy atom. The number of hydrogen-bond donors (Lipinski definition) is 1. The van der Waals surface area contributed by atoms with E-state index in [1.54, 1.807) is 0 Å². The monoisotopic (exact) mass is 479 g/mol. The normalized spacial score (nSPS) is 17.2. The van der Waals surface area contributed by atoms with Gasteiger partial charge in [-0.25, -0.2) is 9.97 Å². The van der Waals surface area contributed by atoms with Gasteiger partial charge in [-0.2, -0.15) is 13.2 Å². The average molecular weight is 480 g/mol. The van der Waals surface area contributed by atoms with Crippen LogP contribution in [0.3, 0.4) is 0 Å². The molecule has 8 nitrogen and oxygen atoms in total. The van der Waals surface area contributed by atoms with E-state index in [1.807, 2.05) is 0 Å². The quantitative estimate of drug-likeness (QED) is 0.621. The van der Waals surface area contributed by atoms with Gasteiger partial charge in [0.1, 0.15) is 23.3 Å². The number of halogens is 4. The summed E-state index contributed by atoms with van der Waals surface area (Å²) in [6.07, 6.45) is -0.384. The number of carbonyl (C=O) groups is 2. The molecule has 1 saturated carbocycles. The van der Waals surface area contributed by atoms with Gasteiger partial charge in [0.05, 0.1) is 11.8 Å². The van der Waals surface area contributed by atoms with Gasteiger partial charge in [-0.15, -0.1) is 0 Å². The predicted molar refractivity (Wildman–Crippen MR) is 111 cm³/mol. The summed E-state index contributed by atoms with van der Waals surface area (Å²) in [4.78, 5) is 36.2. The number of imidazole rings is 1. The molecule has 0 atom stereocenters. The average Bonchev–Trinajstić information content (AvgIpc) is 3.57. The molecule has 5 rings (SSSR count). The molecule has 3 aromatic rings. The molecule has 3 aromatic heterocycles. The summed E-state index contributed by atoms with van der Waals surface area (Å²) >= 11 is 6.32. The first-order valence-electron chi connectivity index (χ1n) is 10.2. The molecule has 0 aromatic carbocycles. The number of alkyl halides is 3. The maximum Gasteiger partial charge on any atom is 0.419 e. The number of pyridine rings is 2. The highest BCUT2D eigenvalue weighted by atomic mass is 35.5. The fraction of sp³-hybridized carbons (Fsp3) is 0.333. The van der Waals surface area contributed by atoms with Gasteiger partial charge in [-0.3, -0.25) is 18.9 Å². The summed E-state index contributed by atoms with van der Waals surface area (Å²) in [5, 5.41) is 9.13. The molecule has 0 spiro atoms. The molecule has 2 fully saturated rings. The Bertz CT molecular complexity index is 1270. The maximum absolute atomic E-state index is 13.7. The van der Waals surface area contributed by atoms with Gasteiger partial charge in [0.2, 0.25) is 5.91 Å². The topological polar surface area (TPSA) is 91.0 Å². The molecule has 172 valence electrons. The fourth-order valence-corrected chi connectivity index (χ4v) is 4.15. The van der Waals surface area contributed by atoms with Crippen molar-refractivity contribution >= 4 is 34.9 Å². The number of fused-ring (bicyclic) bond motifs is 1. The van der Waals surface area contributed by atoms with Crippen LogP contribution in [0.2, 0.25) is 5.15 Å². The SMILES string of the molecule is O=C(c1nc2c(C(F)(F)F)cc(C3CC3)cn2c1Cl)N1CCN(c2ccc(O)cn2)C(=O)C1. The lowest BCUT2D eigenvalue weighted by atomic mass is 10.1. The Labute approximate surface area is 190 Å². The van der Waals surface area contributed by atoms with Gasteiger partial charge in [-0.1, -0.05) is 11.6 Å². The lowest BCUT2D eigenvalue weighted by Gasteiger charge is -2.33. The third kappa shape index (κ3) is 3.86. The van der Waals surface area contributed by atoms with Gasteiger partial charge < -0.3 is 10.0 Å². The number of amides is 2. The molecule has 0 radical (unpaired) electrons. The molecule has 4 heterocycles. The molecular weight excluding hydrogens is 463 g/mol. The van der Waals surface area contributed by atoms with E-state index >= 15 is 0 Å². The molecule has 2 amide bonds. The van der Waals surface area contributed by atoms with Crippen molar-refractivity contribution < 1.29 is 27.9 Å². The lowest BCUT2D eigenvalue weighted by molar-refractivity contribution is -0.136. The summed E-state index contributed by atoms with van der Waals surface area (Å²) in [5.41, 5.74) is -1.23. The first kappa shape index (κ1) is 21.5. The van der Waals surface area contributed by atoms with Gasteiger partial charge in [-0.05, 0) is 42.5 Å². The van der Waals surface area contributed by atoms with Crippen molar-refractivity contribution in [3.8, 4) is 5.75 Å². The zero-order valence-corrected chi connectivity index (χ0v) is 17.8. The van der Waals surface area contributed by atoms with E-state index in [-0.39, 0.29) is 42.1 Å². The van der Waals surface area contributed by atoms with Crippen molar-refractivity contribution in [2.45, 2.75) is 24.9 Å². The summed E-state index contributed by atoms with van der Waals surface area (Å²) in [6, 6.07) is 3.93. The van der Waals surface area contributed by atoms with Crippen molar-refractivity contribution in [3.63, 3.8) is 0 Å². The Hall–Kier alpha value is -3.34. The highest BCUT2D eigenvalue weighted by Gasteiger charge is 2.38. The molecule has 2 aliphatic rings. The van der Waals surface area contributed by atoms with Gasteiger partial charge in [0.25, 0.3) is 5.91 Å². The zero-order chi connectivity index (χ0) is 23.5. The molecule has 1 saturated heterocycles. The number of rotatable bonds is 3. The maximum atomic E-state index is 13.7. The van der Waals surface area contributed by atoms with Crippen LogP contribution in [0.5, 0.6) is 5.75 Å². The van der Waals surface area contributed by atoms with E-state index in [9.17, 15) is 27.9 Å². The number of anilines is 1. The predicted octanol–water partition coefficient (Wildman–Crippen LogP) is 3.47. The van der Waals surface area contributed by atoms with E-state index in [0.717, 1.165) is 23.3 Å². The van der Waals surface area contributed by atoms with E-state index in [1.165, 1.54) is 34.3 Å². The van der Waals surface area contributed by atoms with Crippen LogP contribution in [0.1, 0.15) is 40.4 Å². The minimum atomic E-state index is -4.67. The Morgan fingerprint density at radius 3 is 2.58 bits per heavy atom. The van der Waals surface area contributed by atoms with E-state index in [4.69, 9.17) is 11.6 Å². The number of carbonyl (C=O) groups excluding carboxylic acids is 2. The highest BCUT2D eigenvalue weighted by Crippen LogP contribution is 2.43. The second kappa shape index (κ2) is 7.62. The first-order chi connectivity index (χ1) is 15.6.